The van der Waals surface area contributed by atoms with Crippen LogP contribution in [0.2, 0.25) is 0 Å². The van der Waals surface area contributed by atoms with Gasteiger partial charge in [-0.05, 0) is 62.6 Å². The molecule has 5 aliphatic rings. The Balaban J connectivity index is 1.50. The maximum atomic E-state index is 12.2. The maximum absolute atomic E-state index is 12.2. The van der Waals surface area contributed by atoms with Crippen molar-refractivity contribution in [2.45, 2.75) is 81.1 Å². The van der Waals surface area contributed by atoms with Crippen LogP contribution in [-0.4, -0.2) is 58.0 Å². The molecule has 2 heterocycles. The van der Waals surface area contributed by atoms with Crippen LogP contribution in [0, 0.1) is 5.92 Å². The summed E-state index contributed by atoms with van der Waals surface area (Å²) in [7, 11) is 0. The summed E-state index contributed by atoms with van der Waals surface area (Å²) in [6.45, 7) is 3.35. The van der Waals surface area contributed by atoms with Gasteiger partial charge in [-0.3, -0.25) is 9.69 Å². The van der Waals surface area contributed by atoms with Gasteiger partial charge in [0.25, 0.3) is 0 Å². The first-order valence-corrected chi connectivity index (χ1v) is 11.1. The number of carbonyl (C=O) groups excluding carboxylic acids is 1. The van der Waals surface area contributed by atoms with E-state index in [1.54, 1.807) is 0 Å². The number of carbonyl (C=O) groups is 1. The molecule has 6 rings (SSSR count). The quantitative estimate of drug-likeness (QED) is 0.597. The third kappa shape index (κ3) is 2.20. The number of ether oxygens (including phenoxy) is 2. The number of aliphatic hydroxyl groups excluding tert-OH is 1. The standard InChI is InChI=1S/C23H29NO5/c1-13(25)28-17-6-5-15-11-18-23(27)8-7-16(26)21-22(23,19(15)20(17)29-21)9-10-24(18)12-14-3-2-4-14/h5-6,14,16,18,21,26-27H,2-4,7-12H2,1H3/t16-,18+,21-,22-,23+/m0/s1. The second-order valence-corrected chi connectivity index (χ2v) is 9.82. The molecule has 1 aromatic carbocycles. The van der Waals surface area contributed by atoms with Crippen LogP contribution in [0.5, 0.6) is 11.5 Å². The molecule has 3 aliphatic carbocycles. The van der Waals surface area contributed by atoms with Crippen molar-refractivity contribution in [3.8, 4) is 11.5 Å². The molecule has 2 N–H and O–H groups in total. The summed E-state index contributed by atoms with van der Waals surface area (Å²) < 4.78 is 11.8. The third-order valence-electron chi connectivity index (χ3n) is 8.50. The molecule has 2 saturated carbocycles. The Hall–Kier alpha value is -1.63. The second kappa shape index (κ2) is 5.96. The van der Waals surface area contributed by atoms with Gasteiger partial charge in [-0.2, -0.15) is 0 Å². The van der Waals surface area contributed by atoms with Crippen LogP contribution in [0.25, 0.3) is 0 Å². The average Bonchev–Trinajstić information content (AvgIpc) is 2.99. The lowest BCUT2D eigenvalue weighted by atomic mass is 9.48. The minimum absolute atomic E-state index is 0.0495. The van der Waals surface area contributed by atoms with E-state index in [9.17, 15) is 15.0 Å². The monoisotopic (exact) mass is 399 g/mol. The Morgan fingerprint density at radius 1 is 1.31 bits per heavy atom. The first-order chi connectivity index (χ1) is 13.9. The molecular formula is C23H29NO5. The largest absolute Gasteiger partial charge is 0.482 e. The number of piperidine rings is 1. The van der Waals surface area contributed by atoms with Gasteiger partial charge >= 0.3 is 5.97 Å². The number of likely N-dealkylation sites (tertiary alicyclic amines) is 1. The van der Waals surface area contributed by atoms with E-state index < -0.39 is 29.2 Å². The number of benzene rings is 1. The summed E-state index contributed by atoms with van der Waals surface area (Å²) in [5, 5.41) is 23.1. The summed E-state index contributed by atoms with van der Waals surface area (Å²) in [6, 6.07) is 3.89. The molecule has 1 aromatic rings. The lowest BCUT2D eigenvalue weighted by Gasteiger charge is -2.64. The van der Waals surface area contributed by atoms with Crippen LogP contribution in [0.3, 0.4) is 0 Å². The minimum Gasteiger partial charge on any atom is -0.482 e. The van der Waals surface area contributed by atoms with Gasteiger partial charge in [-0.25, -0.2) is 0 Å². The van der Waals surface area contributed by atoms with Gasteiger partial charge in [0.1, 0.15) is 6.10 Å². The normalized spacial score (nSPS) is 40.0. The molecule has 6 heteroatoms. The van der Waals surface area contributed by atoms with Gasteiger partial charge < -0.3 is 19.7 Å². The molecule has 0 amide bonds. The lowest BCUT2D eigenvalue weighted by molar-refractivity contribution is -0.209. The molecule has 3 fully saturated rings. The van der Waals surface area contributed by atoms with E-state index in [1.807, 2.05) is 12.1 Å². The lowest BCUT2D eigenvalue weighted by Crippen LogP contribution is -2.77. The van der Waals surface area contributed by atoms with Crippen molar-refractivity contribution in [2.24, 2.45) is 5.92 Å². The van der Waals surface area contributed by atoms with E-state index in [0.717, 1.165) is 37.4 Å². The molecule has 1 spiro atoms. The average molecular weight is 399 g/mol. The summed E-state index contributed by atoms with van der Waals surface area (Å²) in [5.74, 6) is 1.33. The Kier molecular flexibility index (Phi) is 3.73. The van der Waals surface area contributed by atoms with Crippen molar-refractivity contribution in [3.63, 3.8) is 0 Å². The number of hydrogen-bond donors (Lipinski definition) is 2. The van der Waals surface area contributed by atoms with E-state index in [1.165, 1.54) is 31.7 Å². The molecule has 1 saturated heterocycles. The molecular weight excluding hydrogens is 370 g/mol. The van der Waals surface area contributed by atoms with Crippen LogP contribution in [0.4, 0.5) is 0 Å². The van der Waals surface area contributed by atoms with Gasteiger partial charge in [0.05, 0.1) is 17.1 Å². The predicted molar refractivity (Wildman–Crippen MR) is 105 cm³/mol. The molecule has 29 heavy (non-hydrogen) atoms. The fourth-order valence-electron chi connectivity index (χ4n) is 7.05. The maximum Gasteiger partial charge on any atom is 0.308 e. The van der Waals surface area contributed by atoms with Crippen LogP contribution in [0.15, 0.2) is 12.1 Å². The van der Waals surface area contributed by atoms with Crippen LogP contribution >= 0.6 is 0 Å². The highest BCUT2D eigenvalue weighted by atomic mass is 16.6. The Morgan fingerprint density at radius 3 is 2.86 bits per heavy atom. The Labute approximate surface area is 170 Å². The van der Waals surface area contributed by atoms with Gasteiger partial charge in [0.2, 0.25) is 0 Å². The highest BCUT2D eigenvalue weighted by Crippen LogP contribution is 2.65. The van der Waals surface area contributed by atoms with Gasteiger partial charge in [-0.15, -0.1) is 0 Å². The molecule has 0 unspecified atom stereocenters. The van der Waals surface area contributed by atoms with Gasteiger partial charge in [-0.1, -0.05) is 12.5 Å². The molecule has 2 aliphatic heterocycles. The first kappa shape index (κ1) is 18.2. The van der Waals surface area contributed by atoms with Crippen molar-refractivity contribution in [2.75, 3.05) is 13.1 Å². The number of rotatable bonds is 3. The Morgan fingerprint density at radius 2 is 2.14 bits per heavy atom. The highest BCUT2D eigenvalue weighted by molar-refractivity contribution is 5.72. The smallest absolute Gasteiger partial charge is 0.308 e. The number of hydrogen-bond acceptors (Lipinski definition) is 6. The van der Waals surface area contributed by atoms with Gasteiger partial charge in [0, 0.05) is 25.1 Å². The van der Waals surface area contributed by atoms with Crippen LogP contribution < -0.4 is 9.47 Å². The number of nitrogens with zero attached hydrogens (tertiary/aromatic N) is 1. The predicted octanol–water partition coefficient (Wildman–Crippen LogP) is 1.93. The van der Waals surface area contributed by atoms with Gasteiger partial charge in [0.15, 0.2) is 11.5 Å². The van der Waals surface area contributed by atoms with Crippen LogP contribution in [0.1, 0.15) is 56.6 Å². The molecule has 5 atom stereocenters. The molecule has 156 valence electrons. The topological polar surface area (TPSA) is 79.2 Å². The van der Waals surface area contributed by atoms with Crippen LogP contribution in [-0.2, 0) is 16.6 Å². The summed E-state index contributed by atoms with van der Waals surface area (Å²) in [5.41, 5.74) is 0.610. The van der Waals surface area contributed by atoms with Crippen molar-refractivity contribution in [1.82, 2.24) is 4.90 Å². The summed E-state index contributed by atoms with van der Waals surface area (Å²) in [6.07, 6.45) is 5.45. The van der Waals surface area contributed by atoms with E-state index in [-0.39, 0.29) is 6.04 Å². The van der Waals surface area contributed by atoms with E-state index >= 15 is 0 Å². The SMILES string of the molecule is CC(=O)Oc1ccc2c3c1O[C@H]1[C@@H](O)CC[C@@]4(O)[C@@H](C2)N(CC2CCC2)CC[C@]314. The molecule has 0 aromatic heterocycles. The summed E-state index contributed by atoms with van der Waals surface area (Å²) in [4.78, 5) is 14.1. The molecule has 2 bridgehead atoms. The molecule has 6 nitrogen and oxygen atoms in total. The molecule has 0 radical (unpaired) electrons. The third-order valence-corrected chi connectivity index (χ3v) is 8.50. The highest BCUT2D eigenvalue weighted by Gasteiger charge is 2.72. The van der Waals surface area contributed by atoms with Crippen molar-refractivity contribution in [3.05, 3.63) is 23.3 Å². The fourth-order valence-corrected chi connectivity index (χ4v) is 7.05. The van der Waals surface area contributed by atoms with Crippen molar-refractivity contribution >= 4 is 5.97 Å². The van der Waals surface area contributed by atoms with Crippen molar-refractivity contribution < 1.29 is 24.5 Å². The summed E-state index contributed by atoms with van der Waals surface area (Å²) >= 11 is 0. The van der Waals surface area contributed by atoms with E-state index in [4.69, 9.17) is 9.47 Å². The number of esters is 1. The zero-order valence-corrected chi connectivity index (χ0v) is 16.9. The van der Waals surface area contributed by atoms with Crippen molar-refractivity contribution in [1.29, 1.82) is 0 Å². The second-order valence-electron chi connectivity index (χ2n) is 9.82. The minimum atomic E-state index is -0.925. The zero-order valence-electron chi connectivity index (χ0n) is 16.9. The van der Waals surface area contributed by atoms with E-state index in [0.29, 0.717) is 24.3 Å². The Bertz CT molecular complexity index is 882. The number of aliphatic hydroxyl groups is 2. The fraction of sp³-hybridized carbons (Fsp3) is 0.696. The van der Waals surface area contributed by atoms with E-state index in [2.05, 4.69) is 4.90 Å². The first-order valence-electron chi connectivity index (χ1n) is 11.1. The zero-order chi connectivity index (χ0) is 20.0.